The van der Waals surface area contributed by atoms with Gasteiger partial charge in [0.1, 0.15) is 22.7 Å². The van der Waals surface area contributed by atoms with E-state index in [4.69, 9.17) is 4.74 Å². The van der Waals surface area contributed by atoms with Gasteiger partial charge in [0.15, 0.2) is 11.6 Å². The van der Waals surface area contributed by atoms with Gasteiger partial charge in [-0.1, -0.05) is 42.0 Å². The highest BCUT2D eigenvalue weighted by Crippen LogP contribution is 2.48. The number of allylic oxidation sites excluding steroid dienone is 5. The lowest BCUT2D eigenvalue weighted by atomic mass is 9.69. The molecule has 1 heterocycles. The Morgan fingerprint density at radius 1 is 1.13 bits per heavy atom. The van der Waals surface area contributed by atoms with E-state index in [-0.39, 0.29) is 29.3 Å². The fourth-order valence-electron chi connectivity index (χ4n) is 3.81. The third kappa shape index (κ3) is 4.18. The first-order valence-electron chi connectivity index (χ1n) is 10.4. The summed E-state index contributed by atoms with van der Waals surface area (Å²) in [6.45, 7) is 9.55. The number of carbonyl (C=O) groups excluding carboxylic acids is 2. The zero-order valence-electron chi connectivity index (χ0n) is 18.4. The second kappa shape index (κ2) is 8.10. The minimum Gasteiger partial charge on any atom is -0.506 e. The molecule has 1 atom stereocenters. The maximum atomic E-state index is 13.6. The molecular weight excluding hydrogens is 376 g/mol. The summed E-state index contributed by atoms with van der Waals surface area (Å²) in [6, 6.07) is 9.65. The molecule has 1 aromatic carbocycles. The second-order valence-electron chi connectivity index (χ2n) is 9.06. The van der Waals surface area contributed by atoms with Crippen LogP contribution in [0.3, 0.4) is 0 Å². The van der Waals surface area contributed by atoms with Crippen molar-refractivity contribution < 1.29 is 19.4 Å². The highest BCUT2D eigenvalue weighted by Gasteiger charge is 2.50. The summed E-state index contributed by atoms with van der Waals surface area (Å²) < 4.78 is 6.16. The molecule has 0 bridgehead atoms. The molecule has 2 aliphatic rings. The van der Waals surface area contributed by atoms with Crippen LogP contribution in [0.2, 0.25) is 0 Å². The molecule has 1 unspecified atom stereocenters. The molecule has 0 amide bonds. The zero-order chi connectivity index (χ0) is 22.1. The molecule has 4 nitrogen and oxygen atoms in total. The van der Waals surface area contributed by atoms with Crippen molar-refractivity contribution in [1.29, 1.82) is 0 Å². The number of Topliss-reactive ketones (excluding diaryl/α,β-unsaturated/α-hetero) is 2. The van der Waals surface area contributed by atoms with Gasteiger partial charge in [-0.05, 0) is 65.2 Å². The highest BCUT2D eigenvalue weighted by molar-refractivity contribution is 6.24. The Labute approximate surface area is 178 Å². The van der Waals surface area contributed by atoms with E-state index in [1.165, 1.54) is 0 Å². The molecule has 0 spiro atoms. The van der Waals surface area contributed by atoms with Gasteiger partial charge in [0.25, 0.3) is 0 Å². The molecule has 1 aliphatic carbocycles. The van der Waals surface area contributed by atoms with E-state index >= 15 is 0 Å². The summed E-state index contributed by atoms with van der Waals surface area (Å²) >= 11 is 0. The number of aliphatic hydroxyl groups is 1. The summed E-state index contributed by atoms with van der Waals surface area (Å²) in [5.41, 5.74) is 0.777. The number of aliphatic hydroxyl groups excluding tert-OH is 1. The molecule has 1 N–H and O–H groups in total. The zero-order valence-corrected chi connectivity index (χ0v) is 18.4. The van der Waals surface area contributed by atoms with E-state index in [0.717, 1.165) is 11.1 Å². The number of carbonyl (C=O) groups is 2. The quantitative estimate of drug-likeness (QED) is 0.496. The van der Waals surface area contributed by atoms with Gasteiger partial charge in [-0.15, -0.1) is 0 Å². The number of benzene rings is 1. The van der Waals surface area contributed by atoms with Crippen molar-refractivity contribution in [3.8, 4) is 0 Å². The lowest BCUT2D eigenvalue weighted by Gasteiger charge is -2.41. The SMILES string of the molecule is CC(C)=CCC1(C)C(=O)C(C(=O)CCc2ccccc2)=C(O)C2=C1OC(C)(C)C=C2. The first-order chi connectivity index (χ1) is 14.0. The largest absolute Gasteiger partial charge is 0.506 e. The van der Waals surface area contributed by atoms with E-state index < -0.39 is 11.0 Å². The number of ketones is 2. The van der Waals surface area contributed by atoms with Crippen LogP contribution in [0.15, 0.2) is 76.8 Å². The Morgan fingerprint density at radius 2 is 1.80 bits per heavy atom. The van der Waals surface area contributed by atoms with Crippen molar-refractivity contribution in [2.75, 3.05) is 0 Å². The van der Waals surface area contributed by atoms with Crippen LogP contribution in [-0.2, 0) is 20.7 Å². The second-order valence-corrected chi connectivity index (χ2v) is 9.06. The Balaban J connectivity index is 2.01. The van der Waals surface area contributed by atoms with Gasteiger partial charge in [0.2, 0.25) is 0 Å². The molecule has 4 heteroatoms. The number of hydrogen-bond acceptors (Lipinski definition) is 4. The fraction of sp³-hybridized carbons (Fsp3) is 0.385. The van der Waals surface area contributed by atoms with Crippen molar-refractivity contribution in [2.45, 2.75) is 59.5 Å². The van der Waals surface area contributed by atoms with Gasteiger partial charge in [-0.3, -0.25) is 9.59 Å². The molecule has 0 fully saturated rings. The van der Waals surface area contributed by atoms with Crippen LogP contribution < -0.4 is 0 Å². The normalized spacial score (nSPS) is 22.5. The summed E-state index contributed by atoms with van der Waals surface area (Å²) in [6.07, 6.45) is 6.66. The lowest BCUT2D eigenvalue weighted by Crippen LogP contribution is -2.42. The van der Waals surface area contributed by atoms with E-state index in [1.807, 2.05) is 70.2 Å². The molecule has 30 heavy (non-hydrogen) atoms. The van der Waals surface area contributed by atoms with Crippen molar-refractivity contribution in [2.24, 2.45) is 5.41 Å². The first-order valence-corrected chi connectivity index (χ1v) is 10.4. The average molecular weight is 407 g/mol. The van der Waals surface area contributed by atoms with E-state index in [0.29, 0.717) is 24.2 Å². The number of aryl methyl sites for hydroxylation is 1. The molecule has 1 aromatic rings. The molecule has 1 aliphatic heterocycles. The van der Waals surface area contributed by atoms with Crippen molar-refractivity contribution in [1.82, 2.24) is 0 Å². The molecule has 0 saturated carbocycles. The van der Waals surface area contributed by atoms with Crippen LogP contribution in [0.5, 0.6) is 0 Å². The summed E-state index contributed by atoms with van der Waals surface area (Å²) in [5.74, 6) is -0.543. The van der Waals surface area contributed by atoms with Crippen molar-refractivity contribution in [3.05, 3.63) is 82.4 Å². The van der Waals surface area contributed by atoms with Crippen LogP contribution in [-0.4, -0.2) is 22.3 Å². The summed E-state index contributed by atoms with van der Waals surface area (Å²) in [4.78, 5) is 26.7. The van der Waals surface area contributed by atoms with Crippen LogP contribution in [0, 0.1) is 5.41 Å². The predicted molar refractivity (Wildman–Crippen MR) is 118 cm³/mol. The van der Waals surface area contributed by atoms with Crippen LogP contribution in [0.4, 0.5) is 0 Å². The topological polar surface area (TPSA) is 63.6 Å². The van der Waals surface area contributed by atoms with Gasteiger partial charge in [-0.2, -0.15) is 0 Å². The van der Waals surface area contributed by atoms with Crippen LogP contribution in [0.25, 0.3) is 0 Å². The molecule has 0 saturated heterocycles. The van der Waals surface area contributed by atoms with Gasteiger partial charge in [0, 0.05) is 6.42 Å². The van der Waals surface area contributed by atoms with Crippen LogP contribution in [0.1, 0.15) is 53.0 Å². The number of ether oxygens (including phenoxy) is 1. The van der Waals surface area contributed by atoms with E-state index in [9.17, 15) is 14.7 Å². The monoisotopic (exact) mass is 406 g/mol. The molecule has 0 aromatic heterocycles. The maximum absolute atomic E-state index is 13.6. The first kappa shape index (κ1) is 21.8. The minimum atomic E-state index is -1.04. The summed E-state index contributed by atoms with van der Waals surface area (Å²) in [7, 11) is 0. The maximum Gasteiger partial charge on any atom is 0.183 e. The third-order valence-electron chi connectivity index (χ3n) is 5.66. The van der Waals surface area contributed by atoms with Crippen LogP contribution >= 0.6 is 0 Å². The Hall–Kier alpha value is -2.88. The third-order valence-corrected chi connectivity index (χ3v) is 5.66. The molecule has 0 radical (unpaired) electrons. The molecular formula is C26H30O4. The number of rotatable bonds is 6. The number of hydrogen-bond donors (Lipinski definition) is 1. The lowest BCUT2D eigenvalue weighted by molar-refractivity contribution is -0.129. The highest BCUT2D eigenvalue weighted by atomic mass is 16.5. The Bertz CT molecular complexity index is 985. The van der Waals surface area contributed by atoms with Gasteiger partial charge in [-0.25, -0.2) is 0 Å². The standard InChI is InChI=1S/C26H30O4/c1-17(2)13-16-26(5)23(29)21(20(27)12-11-18-9-7-6-8-10-18)22(28)19-14-15-25(3,4)30-24(19)26/h6-10,13-15,28H,11-12,16H2,1-5H3. The Kier molecular flexibility index (Phi) is 5.89. The summed E-state index contributed by atoms with van der Waals surface area (Å²) in [5, 5.41) is 10.9. The van der Waals surface area contributed by atoms with Gasteiger partial charge < -0.3 is 9.84 Å². The average Bonchev–Trinajstić information content (AvgIpc) is 2.69. The molecule has 3 rings (SSSR count). The predicted octanol–water partition coefficient (Wildman–Crippen LogP) is 5.56. The smallest absolute Gasteiger partial charge is 0.183 e. The van der Waals surface area contributed by atoms with Gasteiger partial charge >= 0.3 is 0 Å². The Morgan fingerprint density at radius 3 is 2.43 bits per heavy atom. The van der Waals surface area contributed by atoms with Crippen molar-refractivity contribution >= 4 is 11.6 Å². The fourth-order valence-corrected chi connectivity index (χ4v) is 3.81. The minimum absolute atomic E-state index is 0.109. The van der Waals surface area contributed by atoms with Gasteiger partial charge in [0.05, 0.1) is 11.0 Å². The molecule has 158 valence electrons. The van der Waals surface area contributed by atoms with E-state index in [2.05, 4.69) is 0 Å². The van der Waals surface area contributed by atoms with E-state index in [1.54, 1.807) is 13.0 Å². The van der Waals surface area contributed by atoms with Crippen molar-refractivity contribution in [3.63, 3.8) is 0 Å².